The minimum absolute atomic E-state index is 0.591. The Hall–Kier alpha value is -1.48. The van der Waals surface area contributed by atoms with Crippen LogP contribution in [0.2, 0.25) is 5.02 Å². The molecule has 0 amide bonds. The fourth-order valence-electron chi connectivity index (χ4n) is 2.24. The minimum atomic E-state index is -0.993. The molecular formula is C14H12ClNO. The van der Waals surface area contributed by atoms with Crippen molar-refractivity contribution < 1.29 is 4.74 Å². The third-order valence-corrected chi connectivity index (χ3v) is 3.61. The first-order valence-electron chi connectivity index (χ1n) is 5.34. The van der Waals surface area contributed by atoms with Gasteiger partial charge in [0.25, 0.3) is 0 Å². The molecular weight excluding hydrogens is 234 g/mol. The van der Waals surface area contributed by atoms with Crippen LogP contribution in [-0.2, 0) is 10.3 Å². The molecule has 1 aromatic rings. The first-order chi connectivity index (χ1) is 8.14. The Labute approximate surface area is 106 Å². The van der Waals surface area contributed by atoms with Crippen molar-refractivity contribution in [3.8, 4) is 18.4 Å². The lowest BCUT2D eigenvalue weighted by molar-refractivity contribution is -0.00564. The van der Waals surface area contributed by atoms with Crippen LogP contribution in [-0.4, -0.2) is 7.11 Å². The molecule has 0 bridgehead atoms. The van der Waals surface area contributed by atoms with Crippen LogP contribution in [0.5, 0.6) is 0 Å². The van der Waals surface area contributed by atoms with Crippen LogP contribution in [0.25, 0.3) is 0 Å². The molecule has 0 N–H and O–H groups in total. The highest BCUT2D eigenvalue weighted by atomic mass is 35.5. The molecule has 2 nitrogen and oxygen atoms in total. The number of rotatable bonds is 3. The SMILES string of the molecule is C#C[C@@](OC)(c1cccc(Cl)c1)C1(C#N)CC1. The molecule has 2 rings (SSSR count). The van der Waals surface area contributed by atoms with Gasteiger partial charge in [0.2, 0.25) is 0 Å². The molecule has 17 heavy (non-hydrogen) atoms. The lowest BCUT2D eigenvalue weighted by Crippen LogP contribution is -2.36. The third-order valence-electron chi connectivity index (χ3n) is 3.38. The number of nitrogens with zero attached hydrogens (tertiary/aromatic N) is 1. The molecule has 1 aliphatic rings. The molecule has 0 unspecified atom stereocenters. The van der Waals surface area contributed by atoms with Crippen molar-refractivity contribution in [2.45, 2.75) is 18.4 Å². The summed E-state index contributed by atoms with van der Waals surface area (Å²) in [4.78, 5) is 0. The molecule has 86 valence electrons. The zero-order valence-electron chi connectivity index (χ0n) is 9.53. The van der Waals surface area contributed by atoms with Crippen LogP contribution in [0.3, 0.4) is 0 Å². The summed E-state index contributed by atoms with van der Waals surface area (Å²) in [5.74, 6) is 2.66. The monoisotopic (exact) mass is 245 g/mol. The molecule has 1 aliphatic carbocycles. The van der Waals surface area contributed by atoms with Crippen LogP contribution in [0.1, 0.15) is 18.4 Å². The summed E-state index contributed by atoms with van der Waals surface area (Å²) >= 11 is 5.97. The number of halogens is 1. The molecule has 1 saturated carbocycles. The maximum atomic E-state index is 9.33. The van der Waals surface area contributed by atoms with Gasteiger partial charge in [0.15, 0.2) is 5.60 Å². The first-order valence-corrected chi connectivity index (χ1v) is 5.72. The zero-order chi connectivity index (χ0) is 12.5. The van der Waals surface area contributed by atoms with E-state index in [-0.39, 0.29) is 0 Å². The Balaban J connectivity index is 2.58. The topological polar surface area (TPSA) is 33.0 Å². The van der Waals surface area contributed by atoms with E-state index in [1.165, 1.54) is 7.11 Å². The smallest absolute Gasteiger partial charge is 0.171 e. The molecule has 1 aromatic carbocycles. The maximum Gasteiger partial charge on any atom is 0.171 e. The van der Waals surface area contributed by atoms with E-state index in [2.05, 4.69) is 12.0 Å². The summed E-state index contributed by atoms with van der Waals surface area (Å²) in [7, 11) is 1.54. The van der Waals surface area contributed by atoms with Gasteiger partial charge in [-0.1, -0.05) is 29.7 Å². The van der Waals surface area contributed by atoms with Gasteiger partial charge in [0, 0.05) is 12.1 Å². The molecule has 1 fully saturated rings. The second kappa shape index (κ2) is 4.08. The Morgan fingerprint density at radius 1 is 1.53 bits per heavy atom. The highest BCUT2D eigenvalue weighted by molar-refractivity contribution is 6.30. The lowest BCUT2D eigenvalue weighted by atomic mass is 9.79. The average Bonchev–Trinajstić information content (AvgIpc) is 3.13. The van der Waals surface area contributed by atoms with Crippen molar-refractivity contribution in [3.63, 3.8) is 0 Å². The van der Waals surface area contributed by atoms with Gasteiger partial charge in [-0.3, -0.25) is 0 Å². The van der Waals surface area contributed by atoms with Gasteiger partial charge < -0.3 is 4.74 Å². The zero-order valence-corrected chi connectivity index (χ0v) is 10.3. The summed E-state index contributed by atoms with van der Waals surface area (Å²) in [6.45, 7) is 0. The van der Waals surface area contributed by atoms with Crippen molar-refractivity contribution in [2.24, 2.45) is 5.41 Å². The highest BCUT2D eigenvalue weighted by Crippen LogP contribution is 2.59. The lowest BCUT2D eigenvalue weighted by Gasteiger charge is -2.32. The van der Waals surface area contributed by atoms with Gasteiger partial charge in [0.05, 0.1) is 6.07 Å². The Morgan fingerprint density at radius 2 is 2.24 bits per heavy atom. The van der Waals surface area contributed by atoms with Crippen LogP contribution in [0.4, 0.5) is 0 Å². The quantitative estimate of drug-likeness (QED) is 0.767. The number of benzene rings is 1. The molecule has 0 spiro atoms. The Kier molecular flexibility index (Phi) is 2.87. The predicted molar refractivity (Wildman–Crippen MR) is 66.3 cm³/mol. The summed E-state index contributed by atoms with van der Waals surface area (Å²) < 4.78 is 5.53. The van der Waals surface area contributed by atoms with E-state index in [1.807, 2.05) is 12.1 Å². The summed E-state index contributed by atoms with van der Waals surface area (Å²) in [6, 6.07) is 9.51. The standard InChI is InChI=1S/C14H12ClNO/c1-3-14(17-2,13(10-16)7-8-13)11-5-4-6-12(15)9-11/h1,4-6,9H,7-8H2,2H3/t14-/m1/s1. The fourth-order valence-corrected chi connectivity index (χ4v) is 2.44. The van der Waals surface area contributed by atoms with Crippen molar-refractivity contribution >= 4 is 11.6 Å². The Bertz CT molecular complexity index is 522. The van der Waals surface area contributed by atoms with E-state index in [9.17, 15) is 5.26 Å². The fraction of sp³-hybridized carbons (Fsp3) is 0.357. The van der Waals surface area contributed by atoms with E-state index >= 15 is 0 Å². The van der Waals surface area contributed by atoms with Crippen molar-refractivity contribution in [1.82, 2.24) is 0 Å². The van der Waals surface area contributed by atoms with Gasteiger partial charge in [-0.05, 0) is 30.5 Å². The van der Waals surface area contributed by atoms with Crippen LogP contribution in [0, 0.1) is 29.1 Å². The van der Waals surface area contributed by atoms with Gasteiger partial charge >= 0.3 is 0 Å². The highest BCUT2D eigenvalue weighted by Gasteiger charge is 2.61. The van der Waals surface area contributed by atoms with Crippen molar-refractivity contribution in [3.05, 3.63) is 34.9 Å². The van der Waals surface area contributed by atoms with E-state index < -0.39 is 11.0 Å². The number of terminal acetylenes is 1. The number of ether oxygens (including phenoxy) is 1. The number of hydrogen-bond donors (Lipinski definition) is 0. The molecule has 3 heteroatoms. The van der Waals surface area contributed by atoms with Gasteiger partial charge in [0.1, 0.15) is 5.41 Å². The molecule has 1 atom stereocenters. The van der Waals surface area contributed by atoms with E-state index in [4.69, 9.17) is 22.8 Å². The van der Waals surface area contributed by atoms with Gasteiger partial charge in [-0.15, -0.1) is 6.42 Å². The number of nitriles is 1. The molecule has 0 aliphatic heterocycles. The van der Waals surface area contributed by atoms with E-state index in [1.54, 1.807) is 12.1 Å². The van der Waals surface area contributed by atoms with Gasteiger partial charge in [-0.25, -0.2) is 0 Å². The second-order valence-electron chi connectivity index (χ2n) is 4.23. The van der Waals surface area contributed by atoms with E-state index in [0.29, 0.717) is 5.02 Å². The van der Waals surface area contributed by atoms with Crippen molar-refractivity contribution in [1.29, 1.82) is 5.26 Å². The largest absolute Gasteiger partial charge is 0.360 e. The summed E-state index contributed by atoms with van der Waals surface area (Å²) in [5, 5.41) is 9.92. The molecule has 0 saturated heterocycles. The minimum Gasteiger partial charge on any atom is -0.360 e. The Morgan fingerprint density at radius 3 is 2.65 bits per heavy atom. The van der Waals surface area contributed by atoms with Crippen LogP contribution in [0.15, 0.2) is 24.3 Å². The first kappa shape index (κ1) is 12.0. The average molecular weight is 246 g/mol. The second-order valence-corrected chi connectivity index (χ2v) is 4.67. The third kappa shape index (κ3) is 1.62. The maximum absolute atomic E-state index is 9.33. The normalized spacial score (nSPS) is 19.8. The van der Waals surface area contributed by atoms with E-state index in [0.717, 1.165) is 18.4 Å². The summed E-state index contributed by atoms with van der Waals surface area (Å²) in [6.07, 6.45) is 7.15. The van der Waals surface area contributed by atoms with Crippen LogP contribution < -0.4 is 0 Å². The summed E-state index contributed by atoms with van der Waals surface area (Å²) in [5.41, 5.74) is -0.831. The molecule has 0 aromatic heterocycles. The number of hydrogen-bond acceptors (Lipinski definition) is 2. The molecule has 0 radical (unpaired) electrons. The van der Waals surface area contributed by atoms with Crippen molar-refractivity contribution in [2.75, 3.05) is 7.11 Å². The van der Waals surface area contributed by atoms with Crippen LogP contribution >= 0.6 is 11.6 Å². The number of methoxy groups -OCH3 is 1. The predicted octanol–water partition coefficient (Wildman–Crippen LogP) is 3.12. The molecule has 0 heterocycles. The van der Waals surface area contributed by atoms with Gasteiger partial charge in [-0.2, -0.15) is 5.26 Å².